The quantitative estimate of drug-likeness (QED) is 0.890. The van der Waals surface area contributed by atoms with E-state index in [9.17, 15) is 4.79 Å². The van der Waals surface area contributed by atoms with E-state index in [4.69, 9.17) is 0 Å². The highest BCUT2D eigenvalue weighted by molar-refractivity contribution is 5.85. The van der Waals surface area contributed by atoms with E-state index in [2.05, 4.69) is 15.3 Å². The summed E-state index contributed by atoms with van der Waals surface area (Å²) in [7, 11) is 0. The molecule has 2 saturated heterocycles. The molecule has 134 valence electrons. The standard InChI is InChI=1S/C18H28N4O.ClH/c23-16(21-14-9-17(15-21)5-2-1-3-6-17)18(7-11-19-12-8-18)22-13-4-10-20-22;/h4,10,13,19H,1-3,5-9,11-12,14-15H2;1H. The van der Waals surface area contributed by atoms with Gasteiger partial charge < -0.3 is 10.2 Å². The monoisotopic (exact) mass is 352 g/mol. The van der Waals surface area contributed by atoms with Gasteiger partial charge in [0.1, 0.15) is 5.54 Å². The first-order valence-electron chi connectivity index (χ1n) is 9.25. The number of amides is 1. The molecule has 0 bridgehead atoms. The van der Waals surface area contributed by atoms with Crippen LogP contribution in [-0.2, 0) is 10.3 Å². The number of likely N-dealkylation sites (tertiary alicyclic amines) is 1. The number of nitrogens with one attached hydrogen (secondary N) is 1. The number of hydrogen-bond donors (Lipinski definition) is 1. The van der Waals surface area contributed by atoms with Crippen LogP contribution in [0.25, 0.3) is 0 Å². The van der Waals surface area contributed by atoms with Crippen molar-refractivity contribution in [2.24, 2.45) is 5.41 Å². The topological polar surface area (TPSA) is 50.2 Å². The Morgan fingerprint density at radius 1 is 1.04 bits per heavy atom. The molecule has 1 saturated carbocycles. The molecule has 1 amide bonds. The summed E-state index contributed by atoms with van der Waals surface area (Å²) in [5, 5.41) is 7.84. The highest BCUT2D eigenvalue weighted by atomic mass is 35.5. The molecule has 1 N–H and O–H groups in total. The summed E-state index contributed by atoms with van der Waals surface area (Å²) >= 11 is 0. The van der Waals surface area contributed by atoms with Crippen LogP contribution in [0.2, 0.25) is 0 Å². The van der Waals surface area contributed by atoms with Gasteiger partial charge in [-0.2, -0.15) is 5.10 Å². The fourth-order valence-electron chi connectivity index (χ4n) is 5.02. The van der Waals surface area contributed by atoms with Gasteiger partial charge in [0.25, 0.3) is 5.91 Å². The zero-order chi connectivity index (χ0) is 15.8. The van der Waals surface area contributed by atoms with Gasteiger partial charge in [0.05, 0.1) is 0 Å². The van der Waals surface area contributed by atoms with Crippen molar-refractivity contribution in [3.63, 3.8) is 0 Å². The van der Waals surface area contributed by atoms with Crippen molar-refractivity contribution in [3.8, 4) is 0 Å². The largest absolute Gasteiger partial charge is 0.340 e. The molecule has 3 aliphatic rings. The molecule has 0 aromatic carbocycles. The summed E-state index contributed by atoms with van der Waals surface area (Å²) in [6.07, 6.45) is 13.3. The summed E-state index contributed by atoms with van der Waals surface area (Å²) in [4.78, 5) is 15.6. The van der Waals surface area contributed by atoms with E-state index < -0.39 is 5.54 Å². The maximum atomic E-state index is 13.5. The molecule has 3 fully saturated rings. The third kappa shape index (κ3) is 2.97. The molecule has 1 aromatic rings. The molecule has 6 heteroatoms. The van der Waals surface area contributed by atoms with Crippen LogP contribution < -0.4 is 5.32 Å². The van der Waals surface area contributed by atoms with Gasteiger partial charge in [-0.15, -0.1) is 12.4 Å². The van der Waals surface area contributed by atoms with Gasteiger partial charge in [-0.05, 0) is 56.7 Å². The molecule has 1 aliphatic carbocycles. The van der Waals surface area contributed by atoms with Crippen LogP contribution in [0.5, 0.6) is 0 Å². The zero-order valence-electron chi connectivity index (χ0n) is 14.4. The van der Waals surface area contributed by atoms with Crippen LogP contribution in [0.4, 0.5) is 0 Å². The van der Waals surface area contributed by atoms with Gasteiger partial charge in [0.2, 0.25) is 0 Å². The minimum atomic E-state index is -0.463. The number of carbonyl (C=O) groups is 1. The SMILES string of the molecule is Cl.O=C(N1CCC2(CCCCC2)C1)C1(n2cccn2)CCNCC1. The molecule has 5 nitrogen and oxygen atoms in total. The Hall–Kier alpha value is -1.07. The fourth-order valence-corrected chi connectivity index (χ4v) is 5.02. The van der Waals surface area contributed by atoms with Crippen molar-refractivity contribution >= 4 is 18.3 Å². The predicted molar refractivity (Wildman–Crippen MR) is 96.3 cm³/mol. The minimum Gasteiger partial charge on any atom is -0.340 e. The Labute approximate surface area is 150 Å². The molecule has 1 aromatic heterocycles. The highest BCUT2D eigenvalue weighted by Gasteiger charge is 2.48. The van der Waals surface area contributed by atoms with Crippen molar-refractivity contribution in [1.29, 1.82) is 0 Å². The van der Waals surface area contributed by atoms with E-state index in [-0.39, 0.29) is 12.4 Å². The Balaban J connectivity index is 0.00000169. The summed E-state index contributed by atoms with van der Waals surface area (Å²) in [5.74, 6) is 0.310. The third-order valence-electron chi connectivity index (χ3n) is 6.41. The van der Waals surface area contributed by atoms with E-state index in [0.717, 1.165) is 39.0 Å². The van der Waals surface area contributed by atoms with Crippen LogP contribution >= 0.6 is 12.4 Å². The molecule has 3 heterocycles. The average Bonchev–Trinajstić information content (AvgIpc) is 3.26. The number of piperidine rings is 1. The number of rotatable bonds is 2. The summed E-state index contributed by atoms with van der Waals surface area (Å²) in [5.41, 5.74) is -0.0406. The van der Waals surface area contributed by atoms with Crippen LogP contribution in [0, 0.1) is 5.41 Å². The normalized spacial score (nSPS) is 25.4. The van der Waals surface area contributed by atoms with E-state index in [0.29, 0.717) is 11.3 Å². The van der Waals surface area contributed by atoms with Gasteiger partial charge >= 0.3 is 0 Å². The summed E-state index contributed by atoms with van der Waals surface area (Å²) < 4.78 is 1.93. The molecule has 0 atom stereocenters. The van der Waals surface area contributed by atoms with E-state index in [1.54, 1.807) is 6.20 Å². The predicted octanol–water partition coefficient (Wildman–Crippen LogP) is 2.57. The second-order valence-electron chi connectivity index (χ2n) is 7.77. The third-order valence-corrected chi connectivity index (χ3v) is 6.41. The first-order valence-corrected chi connectivity index (χ1v) is 9.25. The maximum Gasteiger partial charge on any atom is 0.250 e. The Morgan fingerprint density at radius 2 is 1.79 bits per heavy atom. The first-order chi connectivity index (χ1) is 11.2. The molecule has 1 spiro atoms. The second kappa shape index (κ2) is 7.04. The van der Waals surface area contributed by atoms with Crippen LogP contribution in [0.15, 0.2) is 18.5 Å². The zero-order valence-corrected chi connectivity index (χ0v) is 15.2. The molecular formula is C18H29ClN4O. The van der Waals surface area contributed by atoms with Crippen LogP contribution in [-0.4, -0.2) is 46.8 Å². The van der Waals surface area contributed by atoms with E-state index in [1.807, 2.05) is 16.9 Å². The second-order valence-corrected chi connectivity index (χ2v) is 7.77. The lowest BCUT2D eigenvalue weighted by molar-refractivity contribution is -0.142. The van der Waals surface area contributed by atoms with Gasteiger partial charge in [0, 0.05) is 25.5 Å². The van der Waals surface area contributed by atoms with E-state index in [1.165, 1.54) is 38.5 Å². The maximum absolute atomic E-state index is 13.5. The molecule has 4 rings (SSSR count). The summed E-state index contributed by atoms with van der Waals surface area (Å²) in [6.45, 7) is 3.70. The number of carbonyl (C=O) groups excluding carboxylic acids is 1. The molecule has 0 radical (unpaired) electrons. The fraction of sp³-hybridized carbons (Fsp3) is 0.778. The Kier molecular flexibility index (Phi) is 5.21. The van der Waals surface area contributed by atoms with E-state index >= 15 is 0 Å². The van der Waals surface area contributed by atoms with Crippen LogP contribution in [0.3, 0.4) is 0 Å². The number of hydrogen-bond acceptors (Lipinski definition) is 3. The number of halogens is 1. The van der Waals surface area contributed by atoms with Crippen molar-refractivity contribution in [1.82, 2.24) is 20.0 Å². The lowest BCUT2D eigenvalue weighted by Crippen LogP contribution is -2.55. The first kappa shape index (κ1) is 17.7. The Bertz CT molecular complexity index is 547. The van der Waals surface area contributed by atoms with Crippen molar-refractivity contribution in [2.45, 2.75) is 56.9 Å². The minimum absolute atomic E-state index is 0. The van der Waals surface area contributed by atoms with Crippen molar-refractivity contribution in [3.05, 3.63) is 18.5 Å². The number of nitrogens with zero attached hydrogens (tertiary/aromatic N) is 3. The highest BCUT2D eigenvalue weighted by Crippen LogP contribution is 2.45. The average molecular weight is 353 g/mol. The molecule has 2 aliphatic heterocycles. The Morgan fingerprint density at radius 3 is 2.46 bits per heavy atom. The number of aromatic nitrogens is 2. The molecule has 24 heavy (non-hydrogen) atoms. The van der Waals surface area contributed by atoms with Crippen LogP contribution in [0.1, 0.15) is 51.4 Å². The van der Waals surface area contributed by atoms with Crippen molar-refractivity contribution < 1.29 is 4.79 Å². The van der Waals surface area contributed by atoms with Crippen molar-refractivity contribution in [2.75, 3.05) is 26.2 Å². The molecular weight excluding hydrogens is 324 g/mol. The molecule has 0 unspecified atom stereocenters. The summed E-state index contributed by atoms with van der Waals surface area (Å²) in [6, 6.07) is 1.93. The van der Waals surface area contributed by atoms with Gasteiger partial charge in [-0.25, -0.2) is 0 Å². The van der Waals surface area contributed by atoms with Gasteiger partial charge in [-0.3, -0.25) is 9.48 Å². The lowest BCUT2D eigenvalue weighted by Gasteiger charge is -2.40. The lowest BCUT2D eigenvalue weighted by atomic mass is 9.73. The van der Waals surface area contributed by atoms with Gasteiger partial charge in [-0.1, -0.05) is 19.3 Å². The van der Waals surface area contributed by atoms with Gasteiger partial charge in [0.15, 0.2) is 0 Å². The smallest absolute Gasteiger partial charge is 0.250 e.